The van der Waals surface area contributed by atoms with Crippen LogP contribution in [0.15, 0.2) is 121 Å². The maximum atomic E-state index is 9.40. The molecule has 6 aromatic rings. The number of benzene rings is 5. The molecule has 0 bridgehead atoms. The van der Waals surface area contributed by atoms with Gasteiger partial charge in [-0.1, -0.05) is 91.0 Å². The first-order chi connectivity index (χ1) is 16.7. The van der Waals surface area contributed by atoms with Crippen LogP contribution in [0.2, 0.25) is 0 Å². The summed E-state index contributed by atoms with van der Waals surface area (Å²) in [6.45, 7) is 0. The molecule has 162 valence electrons. The van der Waals surface area contributed by atoms with Crippen LogP contribution in [-0.2, 0) is 0 Å². The van der Waals surface area contributed by atoms with E-state index < -0.39 is 7.12 Å². The van der Waals surface area contributed by atoms with Crippen molar-refractivity contribution in [1.29, 1.82) is 0 Å². The Hall–Kier alpha value is -4.12. The van der Waals surface area contributed by atoms with E-state index in [9.17, 15) is 10.0 Å². The van der Waals surface area contributed by atoms with Crippen LogP contribution in [0.3, 0.4) is 0 Å². The third-order valence-corrected chi connectivity index (χ3v) is 6.43. The maximum absolute atomic E-state index is 9.40. The molecule has 0 radical (unpaired) electrons. The van der Waals surface area contributed by atoms with Gasteiger partial charge in [0.05, 0.1) is 11.0 Å². The summed E-state index contributed by atoms with van der Waals surface area (Å²) in [4.78, 5) is 0. The first-order valence-corrected chi connectivity index (χ1v) is 11.3. The van der Waals surface area contributed by atoms with Crippen LogP contribution in [-0.4, -0.2) is 21.7 Å². The van der Waals surface area contributed by atoms with Crippen LogP contribution < -0.4 is 5.46 Å². The van der Waals surface area contributed by atoms with Gasteiger partial charge in [0, 0.05) is 16.5 Å². The number of hydrogen-bond donors (Lipinski definition) is 2. The number of fused-ring (bicyclic) bond motifs is 3. The molecule has 0 aliphatic carbocycles. The predicted molar refractivity (Wildman–Crippen MR) is 141 cm³/mol. The van der Waals surface area contributed by atoms with Crippen molar-refractivity contribution in [2.24, 2.45) is 0 Å². The molecule has 0 spiro atoms. The first kappa shape index (κ1) is 20.5. The Morgan fingerprint density at radius 3 is 1.88 bits per heavy atom. The third-order valence-electron chi connectivity index (χ3n) is 6.43. The molecule has 0 aliphatic rings. The van der Waals surface area contributed by atoms with Crippen molar-refractivity contribution in [2.75, 3.05) is 0 Å². The Labute approximate surface area is 198 Å². The molecule has 4 heteroatoms. The monoisotopic (exact) mass is 439 g/mol. The molecule has 2 N–H and O–H groups in total. The second kappa shape index (κ2) is 8.34. The van der Waals surface area contributed by atoms with Crippen LogP contribution in [0.4, 0.5) is 0 Å². The predicted octanol–water partition coefficient (Wildman–Crippen LogP) is 5.80. The Morgan fingerprint density at radius 1 is 0.471 bits per heavy atom. The number of para-hydroxylation sites is 1. The van der Waals surface area contributed by atoms with Crippen LogP contribution in [0.5, 0.6) is 0 Å². The first-order valence-electron chi connectivity index (χ1n) is 11.3. The summed E-state index contributed by atoms with van der Waals surface area (Å²) in [7, 11) is -1.46. The van der Waals surface area contributed by atoms with E-state index in [1.165, 1.54) is 27.4 Å². The molecule has 3 nitrogen and oxygen atoms in total. The van der Waals surface area contributed by atoms with Crippen LogP contribution in [0.1, 0.15) is 0 Å². The van der Waals surface area contributed by atoms with Gasteiger partial charge in [0.15, 0.2) is 0 Å². The van der Waals surface area contributed by atoms with Gasteiger partial charge in [-0.2, -0.15) is 0 Å². The molecule has 0 amide bonds. The van der Waals surface area contributed by atoms with Crippen molar-refractivity contribution in [1.82, 2.24) is 4.57 Å². The van der Waals surface area contributed by atoms with E-state index in [-0.39, 0.29) is 0 Å². The Balaban J connectivity index is 1.53. The van der Waals surface area contributed by atoms with Crippen molar-refractivity contribution >= 4 is 34.4 Å². The molecule has 0 atom stereocenters. The van der Waals surface area contributed by atoms with E-state index in [1.54, 1.807) is 12.1 Å². The highest BCUT2D eigenvalue weighted by Crippen LogP contribution is 2.35. The molecule has 0 fully saturated rings. The van der Waals surface area contributed by atoms with Gasteiger partial charge in [0.1, 0.15) is 0 Å². The summed E-state index contributed by atoms with van der Waals surface area (Å²) < 4.78 is 2.33. The summed E-state index contributed by atoms with van der Waals surface area (Å²) in [6.07, 6.45) is 0. The average molecular weight is 439 g/mol. The molecule has 0 unspecified atom stereocenters. The second-order valence-electron chi connectivity index (χ2n) is 8.50. The Morgan fingerprint density at radius 2 is 1.09 bits per heavy atom. The molecule has 0 aliphatic heterocycles. The molecule has 5 aromatic carbocycles. The second-order valence-corrected chi connectivity index (χ2v) is 8.50. The SMILES string of the molecule is OB(O)c1ccc(-c2ccc3c(c2)c2ccccc2n3-c2cccc(-c3ccccc3)c2)cc1. The lowest BCUT2D eigenvalue weighted by molar-refractivity contribution is 0.426. The molecule has 0 saturated heterocycles. The highest BCUT2D eigenvalue weighted by atomic mass is 16.4. The van der Waals surface area contributed by atoms with Crippen molar-refractivity contribution in [3.05, 3.63) is 121 Å². The molecule has 34 heavy (non-hydrogen) atoms. The van der Waals surface area contributed by atoms with E-state index in [4.69, 9.17) is 0 Å². The van der Waals surface area contributed by atoms with E-state index in [2.05, 4.69) is 95.6 Å². The molecule has 1 heterocycles. The summed E-state index contributed by atoms with van der Waals surface area (Å²) in [6, 6.07) is 41.5. The van der Waals surface area contributed by atoms with Gasteiger partial charge in [-0.05, 0) is 58.0 Å². The molecular formula is C30H22BNO2. The molecule has 0 saturated carbocycles. The van der Waals surface area contributed by atoms with Crippen LogP contribution in [0.25, 0.3) is 49.7 Å². The third kappa shape index (κ3) is 3.50. The lowest BCUT2D eigenvalue weighted by Gasteiger charge is -2.11. The lowest BCUT2D eigenvalue weighted by Crippen LogP contribution is -2.29. The lowest BCUT2D eigenvalue weighted by atomic mass is 9.80. The number of nitrogens with zero attached hydrogens (tertiary/aromatic N) is 1. The summed E-state index contributed by atoms with van der Waals surface area (Å²) in [5.74, 6) is 0. The van der Waals surface area contributed by atoms with Crippen molar-refractivity contribution in [2.45, 2.75) is 0 Å². The van der Waals surface area contributed by atoms with Crippen LogP contribution >= 0.6 is 0 Å². The van der Waals surface area contributed by atoms with E-state index >= 15 is 0 Å². The highest BCUT2D eigenvalue weighted by Gasteiger charge is 2.14. The largest absolute Gasteiger partial charge is 0.488 e. The van der Waals surface area contributed by atoms with E-state index in [1.807, 2.05) is 18.2 Å². The Kier molecular flexibility index (Phi) is 5.03. The minimum absolute atomic E-state index is 0.486. The highest BCUT2D eigenvalue weighted by molar-refractivity contribution is 6.58. The standard InChI is InChI=1S/C30H22BNO2/c33-31(34)25-16-13-22(14-17-25)24-15-18-30-28(20-24)27-11-4-5-12-29(27)32(30)26-10-6-9-23(19-26)21-7-2-1-3-8-21/h1-20,33-34H. The quantitative estimate of drug-likeness (QED) is 0.341. The number of rotatable bonds is 4. The fourth-order valence-electron chi connectivity index (χ4n) is 4.73. The van der Waals surface area contributed by atoms with E-state index in [0.29, 0.717) is 5.46 Å². The van der Waals surface area contributed by atoms with Gasteiger partial charge in [-0.3, -0.25) is 0 Å². The normalized spacial score (nSPS) is 11.2. The minimum atomic E-state index is -1.46. The van der Waals surface area contributed by atoms with Gasteiger partial charge >= 0.3 is 7.12 Å². The minimum Gasteiger partial charge on any atom is -0.423 e. The van der Waals surface area contributed by atoms with Gasteiger partial charge in [0.25, 0.3) is 0 Å². The van der Waals surface area contributed by atoms with Crippen LogP contribution in [0, 0.1) is 0 Å². The summed E-state index contributed by atoms with van der Waals surface area (Å²) in [5, 5.41) is 21.2. The number of aromatic nitrogens is 1. The molecular weight excluding hydrogens is 417 g/mol. The number of hydrogen-bond acceptors (Lipinski definition) is 2. The van der Waals surface area contributed by atoms with Crippen molar-refractivity contribution < 1.29 is 10.0 Å². The molecule has 6 rings (SSSR count). The average Bonchev–Trinajstić information content (AvgIpc) is 3.23. The van der Waals surface area contributed by atoms with Crippen molar-refractivity contribution in [3.8, 4) is 27.9 Å². The molecule has 1 aromatic heterocycles. The zero-order chi connectivity index (χ0) is 23.1. The van der Waals surface area contributed by atoms with Gasteiger partial charge < -0.3 is 14.6 Å². The van der Waals surface area contributed by atoms with Gasteiger partial charge in [-0.15, -0.1) is 0 Å². The summed E-state index contributed by atoms with van der Waals surface area (Å²) >= 11 is 0. The zero-order valence-electron chi connectivity index (χ0n) is 18.5. The Bertz CT molecular complexity index is 1620. The fourth-order valence-corrected chi connectivity index (χ4v) is 4.73. The maximum Gasteiger partial charge on any atom is 0.488 e. The topological polar surface area (TPSA) is 45.4 Å². The van der Waals surface area contributed by atoms with Gasteiger partial charge in [-0.25, -0.2) is 0 Å². The van der Waals surface area contributed by atoms with E-state index in [0.717, 1.165) is 22.3 Å². The van der Waals surface area contributed by atoms with Gasteiger partial charge in [0.2, 0.25) is 0 Å². The smallest absolute Gasteiger partial charge is 0.423 e. The van der Waals surface area contributed by atoms with Crippen molar-refractivity contribution in [3.63, 3.8) is 0 Å². The fraction of sp³-hybridized carbons (Fsp3) is 0. The summed E-state index contributed by atoms with van der Waals surface area (Å²) in [5.41, 5.74) is 8.44. The zero-order valence-corrected chi connectivity index (χ0v) is 18.5.